The Labute approximate surface area is 110 Å². The smallest absolute Gasteiger partial charge is 0.115 e. The molecule has 1 aromatic heterocycles. The van der Waals surface area contributed by atoms with Gasteiger partial charge in [-0.05, 0) is 30.7 Å². The van der Waals surface area contributed by atoms with Crippen molar-refractivity contribution in [2.24, 2.45) is 10.7 Å². The summed E-state index contributed by atoms with van der Waals surface area (Å²) in [6.07, 6.45) is 2.78. The second kappa shape index (κ2) is 5.64. The zero-order valence-corrected chi connectivity index (χ0v) is 10.8. The molecule has 0 radical (unpaired) electrons. The van der Waals surface area contributed by atoms with E-state index in [1.807, 2.05) is 37.4 Å². The number of aliphatic imine (C=N–C) groups is 1. The highest BCUT2D eigenvalue weighted by molar-refractivity contribution is 6.28. The van der Waals surface area contributed by atoms with E-state index in [0.29, 0.717) is 5.84 Å². The monoisotopic (exact) mass is 263 g/mol. The van der Waals surface area contributed by atoms with Crippen LogP contribution >= 0.6 is 11.6 Å². The highest BCUT2D eigenvalue weighted by Crippen LogP contribution is 2.15. The SMILES string of the molecule is CCc1cn(-c2ccc(N=C(N)CCl)cc2)nn1. The molecule has 0 bridgehead atoms. The molecule has 18 heavy (non-hydrogen) atoms. The van der Waals surface area contributed by atoms with Gasteiger partial charge in [0.1, 0.15) is 5.84 Å². The lowest BCUT2D eigenvalue weighted by Crippen LogP contribution is -2.12. The molecule has 1 aromatic carbocycles. The highest BCUT2D eigenvalue weighted by Gasteiger charge is 2.01. The van der Waals surface area contributed by atoms with Gasteiger partial charge in [-0.1, -0.05) is 12.1 Å². The van der Waals surface area contributed by atoms with Gasteiger partial charge < -0.3 is 5.73 Å². The van der Waals surface area contributed by atoms with Gasteiger partial charge >= 0.3 is 0 Å². The van der Waals surface area contributed by atoms with Gasteiger partial charge in [-0.3, -0.25) is 0 Å². The van der Waals surface area contributed by atoms with Crippen molar-refractivity contribution in [3.63, 3.8) is 0 Å². The standard InChI is InChI=1S/C12H14ClN5/c1-2-9-8-18(17-16-9)11-5-3-10(4-6-11)15-12(14)7-13/h3-6,8H,2,7H2,1H3,(H2,14,15). The van der Waals surface area contributed by atoms with Crippen LogP contribution in [0.5, 0.6) is 0 Å². The first-order valence-electron chi connectivity index (χ1n) is 5.63. The van der Waals surface area contributed by atoms with Crippen molar-refractivity contribution >= 4 is 23.1 Å². The van der Waals surface area contributed by atoms with Crippen LogP contribution in [0.15, 0.2) is 35.5 Å². The Morgan fingerprint density at radius 1 is 1.39 bits per heavy atom. The van der Waals surface area contributed by atoms with Crippen LogP contribution in [-0.4, -0.2) is 26.7 Å². The van der Waals surface area contributed by atoms with E-state index < -0.39 is 0 Å². The maximum Gasteiger partial charge on any atom is 0.115 e. The van der Waals surface area contributed by atoms with E-state index in [0.717, 1.165) is 23.5 Å². The van der Waals surface area contributed by atoms with E-state index in [1.54, 1.807) is 4.68 Å². The van der Waals surface area contributed by atoms with Crippen molar-refractivity contribution in [2.45, 2.75) is 13.3 Å². The average molecular weight is 264 g/mol. The van der Waals surface area contributed by atoms with E-state index in [9.17, 15) is 0 Å². The van der Waals surface area contributed by atoms with Crippen LogP contribution < -0.4 is 5.73 Å². The lowest BCUT2D eigenvalue weighted by molar-refractivity contribution is 0.798. The predicted octanol–water partition coefficient (Wildman–Crippen LogP) is 2.06. The summed E-state index contributed by atoms with van der Waals surface area (Å²) in [5.74, 6) is 0.628. The zero-order chi connectivity index (χ0) is 13.0. The zero-order valence-electron chi connectivity index (χ0n) is 10.0. The van der Waals surface area contributed by atoms with Crippen LogP contribution in [0.3, 0.4) is 0 Å². The average Bonchev–Trinajstić information content (AvgIpc) is 2.88. The number of hydrogen-bond acceptors (Lipinski definition) is 3. The number of aromatic nitrogens is 3. The van der Waals surface area contributed by atoms with Crippen LogP contribution in [-0.2, 0) is 6.42 Å². The molecule has 6 heteroatoms. The molecule has 0 aliphatic rings. The summed E-state index contributed by atoms with van der Waals surface area (Å²) in [5, 5.41) is 8.09. The van der Waals surface area contributed by atoms with Gasteiger partial charge in [-0.15, -0.1) is 16.7 Å². The molecule has 0 amide bonds. The Balaban J connectivity index is 2.22. The molecular weight excluding hydrogens is 250 g/mol. The number of nitrogens with zero attached hydrogens (tertiary/aromatic N) is 4. The molecule has 0 fully saturated rings. The van der Waals surface area contributed by atoms with E-state index >= 15 is 0 Å². The maximum absolute atomic E-state index is 5.57. The summed E-state index contributed by atoms with van der Waals surface area (Å²) in [5.41, 5.74) is 8.23. The van der Waals surface area contributed by atoms with Crippen molar-refractivity contribution < 1.29 is 0 Å². The summed E-state index contributed by atoms with van der Waals surface area (Å²) in [6, 6.07) is 7.55. The third kappa shape index (κ3) is 2.87. The first-order valence-corrected chi connectivity index (χ1v) is 6.17. The molecule has 2 aromatic rings. The molecule has 1 heterocycles. The Morgan fingerprint density at radius 2 is 2.11 bits per heavy atom. The largest absolute Gasteiger partial charge is 0.386 e. The molecule has 0 spiro atoms. The van der Waals surface area contributed by atoms with Crippen LogP contribution in [0.1, 0.15) is 12.6 Å². The molecule has 0 aliphatic heterocycles. The van der Waals surface area contributed by atoms with Gasteiger partial charge in [-0.25, -0.2) is 9.67 Å². The van der Waals surface area contributed by atoms with Gasteiger partial charge in [0, 0.05) is 0 Å². The predicted molar refractivity (Wildman–Crippen MR) is 72.7 cm³/mol. The third-order valence-electron chi connectivity index (χ3n) is 2.43. The fourth-order valence-electron chi connectivity index (χ4n) is 1.46. The van der Waals surface area contributed by atoms with Crippen molar-refractivity contribution in [3.05, 3.63) is 36.2 Å². The summed E-state index contributed by atoms with van der Waals surface area (Å²) in [4.78, 5) is 4.15. The van der Waals surface area contributed by atoms with E-state index in [-0.39, 0.29) is 5.88 Å². The van der Waals surface area contributed by atoms with E-state index in [2.05, 4.69) is 15.3 Å². The van der Waals surface area contributed by atoms with Crippen LogP contribution in [0.2, 0.25) is 0 Å². The van der Waals surface area contributed by atoms with E-state index in [4.69, 9.17) is 17.3 Å². The number of halogens is 1. The van der Waals surface area contributed by atoms with E-state index in [1.165, 1.54) is 0 Å². The van der Waals surface area contributed by atoms with Gasteiger partial charge in [0.25, 0.3) is 0 Å². The molecule has 5 nitrogen and oxygen atoms in total. The number of amidine groups is 1. The lowest BCUT2D eigenvalue weighted by Gasteiger charge is -2.01. The van der Waals surface area contributed by atoms with Crippen molar-refractivity contribution in [1.82, 2.24) is 15.0 Å². The Morgan fingerprint density at radius 3 is 2.67 bits per heavy atom. The number of benzene rings is 1. The van der Waals surface area contributed by atoms with Gasteiger partial charge in [0.05, 0.1) is 29.1 Å². The number of alkyl halides is 1. The first-order chi connectivity index (χ1) is 8.72. The quantitative estimate of drug-likeness (QED) is 0.521. The molecule has 0 saturated heterocycles. The molecular formula is C12H14ClN5. The number of aryl methyl sites for hydroxylation is 1. The second-order valence-electron chi connectivity index (χ2n) is 3.76. The van der Waals surface area contributed by atoms with Gasteiger partial charge in [0.15, 0.2) is 0 Å². The Hall–Kier alpha value is -1.88. The third-order valence-corrected chi connectivity index (χ3v) is 2.70. The van der Waals surface area contributed by atoms with Crippen LogP contribution in [0.25, 0.3) is 5.69 Å². The van der Waals surface area contributed by atoms with Crippen molar-refractivity contribution in [1.29, 1.82) is 0 Å². The molecule has 0 saturated carbocycles. The number of hydrogen-bond donors (Lipinski definition) is 1. The van der Waals surface area contributed by atoms with Crippen LogP contribution in [0.4, 0.5) is 5.69 Å². The fraction of sp³-hybridized carbons (Fsp3) is 0.250. The second-order valence-corrected chi connectivity index (χ2v) is 4.03. The number of nitrogens with two attached hydrogens (primary N) is 1. The molecule has 2 rings (SSSR count). The Bertz CT molecular complexity index is 544. The molecule has 0 atom stereocenters. The summed E-state index contributed by atoms with van der Waals surface area (Å²) >= 11 is 5.57. The molecule has 0 aliphatic carbocycles. The molecule has 94 valence electrons. The fourth-order valence-corrected chi connectivity index (χ4v) is 1.52. The van der Waals surface area contributed by atoms with Gasteiger partial charge in [-0.2, -0.15) is 0 Å². The normalized spacial score (nSPS) is 11.8. The highest BCUT2D eigenvalue weighted by atomic mass is 35.5. The van der Waals surface area contributed by atoms with Gasteiger partial charge in [0.2, 0.25) is 0 Å². The van der Waals surface area contributed by atoms with Crippen LogP contribution in [0, 0.1) is 0 Å². The minimum atomic E-state index is 0.227. The maximum atomic E-state index is 5.57. The number of rotatable bonds is 4. The summed E-state index contributed by atoms with van der Waals surface area (Å²) < 4.78 is 1.73. The van der Waals surface area contributed by atoms with Crippen molar-refractivity contribution in [3.8, 4) is 5.69 Å². The molecule has 0 unspecified atom stereocenters. The first kappa shape index (κ1) is 12.6. The summed E-state index contributed by atoms with van der Waals surface area (Å²) in [6.45, 7) is 2.04. The molecule has 2 N–H and O–H groups in total. The minimum absolute atomic E-state index is 0.227. The lowest BCUT2D eigenvalue weighted by atomic mass is 10.3. The topological polar surface area (TPSA) is 69.1 Å². The minimum Gasteiger partial charge on any atom is -0.386 e. The Kier molecular flexibility index (Phi) is 3.94. The summed E-state index contributed by atoms with van der Waals surface area (Å²) in [7, 11) is 0. The van der Waals surface area contributed by atoms with Crippen molar-refractivity contribution in [2.75, 3.05) is 5.88 Å².